The zero-order valence-electron chi connectivity index (χ0n) is 20.2. The Balaban J connectivity index is 1.20. The number of unbranched alkanes of at least 4 members (excludes halogenated alkanes) is 3. The third kappa shape index (κ3) is 5.09. The SMILES string of the molecule is CCCCCC1CCC(C2CCC(C34CCC(CCCC)(CC3)CC4)CC2)CC1. The summed E-state index contributed by atoms with van der Waals surface area (Å²) >= 11 is 0. The van der Waals surface area contributed by atoms with Gasteiger partial charge in [0.25, 0.3) is 0 Å². The van der Waals surface area contributed by atoms with Crippen LogP contribution in [0.2, 0.25) is 0 Å². The molecule has 0 saturated heterocycles. The molecule has 0 heteroatoms. The number of hydrogen-bond acceptors (Lipinski definition) is 0. The number of rotatable bonds is 9. The standard InChI is InChI=1S/C29H52/c1-3-5-7-8-24-9-11-25(12-10-24)26-13-15-27(16-14-26)29-21-18-28(19-22-29,20-23-29)17-6-4-2/h24-27H,3-23H2,1-2H3. The van der Waals surface area contributed by atoms with Gasteiger partial charge in [-0.15, -0.1) is 0 Å². The van der Waals surface area contributed by atoms with Crippen LogP contribution in [0.3, 0.4) is 0 Å². The molecule has 0 nitrogen and oxygen atoms in total. The minimum atomic E-state index is 0.796. The first-order chi connectivity index (χ1) is 14.2. The topological polar surface area (TPSA) is 0 Å². The summed E-state index contributed by atoms with van der Waals surface area (Å²) in [4.78, 5) is 0. The molecule has 0 aromatic heterocycles. The van der Waals surface area contributed by atoms with Gasteiger partial charge in [-0.1, -0.05) is 65.2 Å². The van der Waals surface area contributed by atoms with Crippen molar-refractivity contribution in [1.29, 1.82) is 0 Å². The van der Waals surface area contributed by atoms with Crippen molar-refractivity contribution in [3.05, 3.63) is 0 Å². The van der Waals surface area contributed by atoms with Gasteiger partial charge in [-0.3, -0.25) is 0 Å². The Bertz CT molecular complexity index is 450. The Kier molecular flexibility index (Phi) is 7.72. The molecule has 0 amide bonds. The first-order valence-corrected chi connectivity index (χ1v) is 14.2. The molecular formula is C29H52. The lowest BCUT2D eigenvalue weighted by Crippen LogP contribution is -2.46. The quantitative estimate of drug-likeness (QED) is 0.338. The molecule has 2 bridgehead atoms. The molecule has 0 aromatic carbocycles. The van der Waals surface area contributed by atoms with E-state index in [1.54, 1.807) is 96.3 Å². The zero-order valence-corrected chi connectivity index (χ0v) is 20.2. The molecule has 5 saturated carbocycles. The Hall–Kier alpha value is 0. The van der Waals surface area contributed by atoms with Crippen molar-refractivity contribution in [3.8, 4) is 0 Å². The van der Waals surface area contributed by atoms with Crippen molar-refractivity contribution in [3.63, 3.8) is 0 Å². The highest BCUT2D eigenvalue weighted by Crippen LogP contribution is 2.63. The highest BCUT2D eigenvalue weighted by atomic mass is 14.6. The molecule has 0 unspecified atom stereocenters. The minimum Gasteiger partial charge on any atom is -0.0654 e. The number of hydrogen-bond donors (Lipinski definition) is 0. The van der Waals surface area contributed by atoms with Crippen molar-refractivity contribution in [2.45, 2.75) is 149 Å². The predicted octanol–water partition coefficient (Wildman–Crippen LogP) is 9.71. The van der Waals surface area contributed by atoms with Gasteiger partial charge in [0.15, 0.2) is 0 Å². The summed E-state index contributed by atoms with van der Waals surface area (Å²) in [5.74, 6) is 4.41. The number of fused-ring (bicyclic) bond motifs is 3. The van der Waals surface area contributed by atoms with E-state index in [4.69, 9.17) is 0 Å². The van der Waals surface area contributed by atoms with Crippen LogP contribution in [0.25, 0.3) is 0 Å². The van der Waals surface area contributed by atoms with Crippen LogP contribution in [-0.2, 0) is 0 Å². The van der Waals surface area contributed by atoms with E-state index in [0.29, 0.717) is 0 Å². The fourth-order valence-electron chi connectivity index (χ4n) is 8.67. The van der Waals surface area contributed by atoms with E-state index in [-0.39, 0.29) is 0 Å². The lowest BCUT2D eigenvalue weighted by molar-refractivity contribution is -0.0678. The molecule has 0 N–H and O–H groups in total. The van der Waals surface area contributed by atoms with E-state index in [9.17, 15) is 0 Å². The van der Waals surface area contributed by atoms with E-state index in [2.05, 4.69) is 13.8 Å². The summed E-state index contributed by atoms with van der Waals surface area (Å²) in [6.07, 6.45) is 32.6. The van der Waals surface area contributed by atoms with E-state index in [1.165, 1.54) is 38.5 Å². The lowest BCUT2D eigenvalue weighted by atomic mass is 9.47. The van der Waals surface area contributed by atoms with Gasteiger partial charge >= 0.3 is 0 Å². The fourth-order valence-corrected chi connectivity index (χ4v) is 8.67. The normalized spacial score (nSPS) is 42.8. The van der Waals surface area contributed by atoms with Crippen LogP contribution in [0.4, 0.5) is 0 Å². The molecule has 5 fully saturated rings. The monoisotopic (exact) mass is 400 g/mol. The smallest absolute Gasteiger partial charge is 0.0269 e. The van der Waals surface area contributed by atoms with Crippen LogP contribution in [0, 0.1) is 34.5 Å². The Morgan fingerprint density at radius 2 is 1.14 bits per heavy atom. The molecule has 0 aromatic rings. The summed E-state index contributed by atoms with van der Waals surface area (Å²) in [5, 5.41) is 0. The van der Waals surface area contributed by atoms with Gasteiger partial charge in [0, 0.05) is 0 Å². The summed E-state index contributed by atoms with van der Waals surface area (Å²) in [7, 11) is 0. The van der Waals surface area contributed by atoms with Gasteiger partial charge in [0.1, 0.15) is 0 Å². The summed E-state index contributed by atoms with van der Waals surface area (Å²) in [5.41, 5.74) is 1.60. The molecule has 29 heavy (non-hydrogen) atoms. The van der Waals surface area contributed by atoms with Gasteiger partial charge in [-0.2, -0.15) is 0 Å². The Labute approximate surface area is 183 Å². The van der Waals surface area contributed by atoms with Gasteiger partial charge in [0.05, 0.1) is 0 Å². The molecule has 0 radical (unpaired) electrons. The van der Waals surface area contributed by atoms with E-state index in [0.717, 1.165) is 34.5 Å². The molecule has 5 aliphatic carbocycles. The molecule has 0 heterocycles. The second-order valence-corrected chi connectivity index (χ2v) is 12.4. The van der Waals surface area contributed by atoms with Crippen molar-refractivity contribution in [1.82, 2.24) is 0 Å². The lowest BCUT2D eigenvalue weighted by Gasteiger charge is -2.58. The maximum absolute atomic E-state index is 2.38. The molecular weight excluding hydrogens is 348 g/mol. The maximum atomic E-state index is 2.38. The maximum Gasteiger partial charge on any atom is -0.0269 e. The second-order valence-electron chi connectivity index (χ2n) is 12.4. The van der Waals surface area contributed by atoms with Crippen molar-refractivity contribution < 1.29 is 0 Å². The fraction of sp³-hybridized carbons (Fsp3) is 1.00. The highest BCUT2D eigenvalue weighted by Gasteiger charge is 2.51. The molecule has 0 aliphatic heterocycles. The third-order valence-corrected chi connectivity index (χ3v) is 10.9. The van der Waals surface area contributed by atoms with Crippen LogP contribution in [0.15, 0.2) is 0 Å². The average molecular weight is 401 g/mol. The third-order valence-electron chi connectivity index (χ3n) is 10.9. The second kappa shape index (κ2) is 10.1. The largest absolute Gasteiger partial charge is 0.0654 e. The van der Waals surface area contributed by atoms with E-state index in [1.807, 2.05) is 0 Å². The predicted molar refractivity (Wildman–Crippen MR) is 127 cm³/mol. The van der Waals surface area contributed by atoms with Crippen LogP contribution in [0.1, 0.15) is 149 Å². The Morgan fingerprint density at radius 3 is 1.69 bits per heavy atom. The molecule has 0 spiro atoms. The Morgan fingerprint density at radius 1 is 0.586 bits per heavy atom. The van der Waals surface area contributed by atoms with Gasteiger partial charge in [-0.05, 0) is 118 Å². The van der Waals surface area contributed by atoms with Crippen molar-refractivity contribution in [2.24, 2.45) is 34.5 Å². The summed E-state index contributed by atoms with van der Waals surface area (Å²) in [6, 6.07) is 0. The summed E-state index contributed by atoms with van der Waals surface area (Å²) < 4.78 is 0. The van der Waals surface area contributed by atoms with Crippen LogP contribution >= 0.6 is 0 Å². The molecule has 0 atom stereocenters. The van der Waals surface area contributed by atoms with E-state index >= 15 is 0 Å². The summed E-state index contributed by atoms with van der Waals surface area (Å²) in [6.45, 7) is 4.72. The highest BCUT2D eigenvalue weighted by molar-refractivity contribution is 5.03. The van der Waals surface area contributed by atoms with Gasteiger partial charge in [0.2, 0.25) is 0 Å². The zero-order chi connectivity index (χ0) is 20.2. The first kappa shape index (κ1) is 22.2. The van der Waals surface area contributed by atoms with Crippen LogP contribution in [0.5, 0.6) is 0 Å². The van der Waals surface area contributed by atoms with Crippen molar-refractivity contribution >= 4 is 0 Å². The van der Waals surface area contributed by atoms with Gasteiger partial charge < -0.3 is 0 Å². The molecule has 5 rings (SSSR count). The average Bonchev–Trinajstić information content (AvgIpc) is 2.80. The van der Waals surface area contributed by atoms with Gasteiger partial charge in [-0.25, -0.2) is 0 Å². The van der Waals surface area contributed by atoms with E-state index < -0.39 is 0 Å². The first-order valence-electron chi connectivity index (χ1n) is 14.2. The minimum absolute atomic E-state index is 0.796. The molecule has 5 aliphatic rings. The van der Waals surface area contributed by atoms with Crippen LogP contribution < -0.4 is 0 Å². The van der Waals surface area contributed by atoms with Crippen LogP contribution in [-0.4, -0.2) is 0 Å². The molecule has 168 valence electrons. The van der Waals surface area contributed by atoms with Crippen molar-refractivity contribution in [2.75, 3.05) is 0 Å².